The maximum atomic E-state index is 11.9. The number of rotatable bonds is 1. The lowest BCUT2D eigenvalue weighted by Crippen LogP contribution is -2.25. The van der Waals surface area contributed by atoms with E-state index in [0.717, 1.165) is 12.1 Å². The zero-order valence-electron chi connectivity index (χ0n) is 8.94. The Kier molecular flexibility index (Phi) is 3.59. The van der Waals surface area contributed by atoms with Gasteiger partial charge in [0, 0.05) is 6.04 Å². The maximum absolute atomic E-state index is 11.9. The van der Waals surface area contributed by atoms with Gasteiger partial charge in [0.2, 0.25) is 0 Å². The second-order valence-electron chi connectivity index (χ2n) is 4.12. The van der Waals surface area contributed by atoms with Gasteiger partial charge >= 0.3 is 0 Å². The predicted molar refractivity (Wildman–Crippen MR) is 67.9 cm³/mol. The molecule has 0 saturated carbocycles. The van der Waals surface area contributed by atoms with Crippen LogP contribution in [0.15, 0.2) is 11.4 Å². The fourth-order valence-corrected chi connectivity index (χ4v) is 4.34. The molecule has 1 aliphatic rings. The van der Waals surface area contributed by atoms with Crippen LogP contribution in [0.4, 0.5) is 0 Å². The summed E-state index contributed by atoms with van der Waals surface area (Å²) in [5.41, 5.74) is 0.979. The van der Waals surface area contributed by atoms with E-state index < -0.39 is 9.84 Å². The number of hydrogen-bond acceptors (Lipinski definition) is 4. The Labute approximate surface area is 105 Å². The van der Waals surface area contributed by atoms with E-state index in [1.165, 1.54) is 11.3 Å². The SMILES string of the molecule is CC1CCNC(c2csc(Cl)c2)CS1(=O)=O. The largest absolute Gasteiger partial charge is 0.309 e. The Balaban J connectivity index is 2.24. The van der Waals surface area contributed by atoms with Crippen molar-refractivity contribution in [1.29, 1.82) is 0 Å². The van der Waals surface area contributed by atoms with Gasteiger partial charge in [-0.2, -0.15) is 0 Å². The third kappa shape index (κ3) is 2.59. The average Bonchev–Trinajstić information content (AvgIpc) is 2.57. The standard InChI is InChI=1S/C10H14ClNO2S2/c1-7-2-3-12-9(6-16(7,13)14)8-4-10(11)15-5-8/h4-5,7,9,12H,2-3,6H2,1H3. The molecule has 0 amide bonds. The zero-order chi connectivity index (χ0) is 11.8. The molecule has 2 rings (SSSR count). The molecule has 1 aromatic rings. The van der Waals surface area contributed by atoms with Gasteiger partial charge < -0.3 is 5.32 Å². The first-order valence-electron chi connectivity index (χ1n) is 5.18. The first kappa shape index (κ1) is 12.4. The molecule has 16 heavy (non-hydrogen) atoms. The molecule has 6 heteroatoms. The maximum Gasteiger partial charge on any atom is 0.154 e. The van der Waals surface area contributed by atoms with Crippen LogP contribution in [-0.4, -0.2) is 26.0 Å². The Hall–Kier alpha value is -0.100. The zero-order valence-corrected chi connectivity index (χ0v) is 11.3. The van der Waals surface area contributed by atoms with Crippen molar-refractivity contribution >= 4 is 32.8 Å². The van der Waals surface area contributed by atoms with Crippen molar-refractivity contribution in [2.45, 2.75) is 24.6 Å². The van der Waals surface area contributed by atoms with Gasteiger partial charge in [0.25, 0.3) is 0 Å². The highest BCUT2D eigenvalue weighted by molar-refractivity contribution is 7.92. The van der Waals surface area contributed by atoms with E-state index in [0.29, 0.717) is 10.8 Å². The summed E-state index contributed by atoms with van der Waals surface area (Å²) < 4.78 is 24.5. The lowest BCUT2D eigenvalue weighted by molar-refractivity contribution is 0.573. The van der Waals surface area contributed by atoms with Gasteiger partial charge in [-0.15, -0.1) is 11.3 Å². The number of thiophene rings is 1. The van der Waals surface area contributed by atoms with E-state index in [1.54, 1.807) is 6.92 Å². The van der Waals surface area contributed by atoms with E-state index in [9.17, 15) is 8.42 Å². The number of halogens is 1. The van der Waals surface area contributed by atoms with Crippen molar-refractivity contribution in [3.63, 3.8) is 0 Å². The van der Waals surface area contributed by atoms with Gasteiger partial charge in [0.15, 0.2) is 9.84 Å². The van der Waals surface area contributed by atoms with Gasteiger partial charge in [-0.1, -0.05) is 11.6 Å². The second kappa shape index (κ2) is 4.64. The molecule has 0 bridgehead atoms. The lowest BCUT2D eigenvalue weighted by Gasteiger charge is -2.13. The fourth-order valence-electron chi connectivity index (χ4n) is 1.82. The van der Waals surface area contributed by atoms with Crippen LogP contribution in [0.2, 0.25) is 4.34 Å². The topological polar surface area (TPSA) is 46.2 Å². The van der Waals surface area contributed by atoms with Crippen molar-refractivity contribution < 1.29 is 8.42 Å². The van der Waals surface area contributed by atoms with Gasteiger partial charge in [0.05, 0.1) is 15.3 Å². The molecular formula is C10H14ClNO2S2. The summed E-state index contributed by atoms with van der Waals surface area (Å²) in [5, 5.41) is 4.94. The van der Waals surface area contributed by atoms with Crippen LogP contribution in [0, 0.1) is 0 Å². The minimum atomic E-state index is -2.99. The Bertz CT molecular complexity index is 469. The summed E-state index contributed by atoms with van der Waals surface area (Å²) >= 11 is 7.30. The monoisotopic (exact) mass is 279 g/mol. The third-order valence-electron chi connectivity index (χ3n) is 2.94. The van der Waals surface area contributed by atoms with Crippen LogP contribution in [0.1, 0.15) is 24.9 Å². The highest BCUT2D eigenvalue weighted by Gasteiger charge is 2.29. The minimum Gasteiger partial charge on any atom is -0.309 e. The van der Waals surface area contributed by atoms with Crippen molar-refractivity contribution in [3.05, 3.63) is 21.3 Å². The Morgan fingerprint density at radius 1 is 1.56 bits per heavy atom. The second-order valence-corrected chi connectivity index (χ2v) is 8.13. The highest BCUT2D eigenvalue weighted by Crippen LogP contribution is 2.28. The summed E-state index contributed by atoms with van der Waals surface area (Å²) in [5.74, 6) is 0.168. The van der Waals surface area contributed by atoms with Gasteiger partial charge in [-0.25, -0.2) is 8.42 Å². The van der Waals surface area contributed by atoms with Crippen molar-refractivity contribution in [1.82, 2.24) is 5.32 Å². The quantitative estimate of drug-likeness (QED) is 0.858. The number of nitrogens with one attached hydrogen (secondary N) is 1. The number of hydrogen-bond donors (Lipinski definition) is 1. The lowest BCUT2D eigenvalue weighted by atomic mass is 10.2. The molecule has 0 aliphatic carbocycles. The molecule has 0 radical (unpaired) electrons. The van der Waals surface area contributed by atoms with E-state index in [-0.39, 0.29) is 17.0 Å². The Morgan fingerprint density at radius 3 is 2.94 bits per heavy atom. The van der Waals surface area contributed by atoms with Crippen LogP contribution in [-0.2, 0) is 9.84 Å². The van der Waals surface area contributed by atoms with E-state index in [1.807, 2.05) is 11.4 Å². The normalized spacial score (nSPS) is 29.9. The van der Waals surface area contributed by atoms with Crippen LogP contribution in [0.3, 0.4) is 0 Å². The molecule has 0 aromatic carbocycles. The summed E-state index contributed by atoms with van der Waals surface area (Å²) in [7, 11) is -2.99. The molecule has 2 heterocycles. The van der Waals surface area contributed by atoms with Crippen molar-refractivity contribution in [3.8, 4) is 0 Å². The molecule has 0 spiro atoms. The average molecular weight is 280 g/mol. The third-order valence-corrected chi connectivity index (χ3v) is 6.31. The molecular weight excluding hydrogens is 266 g/mol. The van der Waals surface area contributed by atoms with Crippen molar-refractivity contribution in [2.75, 3.05) is 12.3 Å². The van der Waals surface area contributed by atoms with Crippen LogP contribution in [0.5, 0.6) is 0 Å². The summed E-state index contributed by atoms with van der Waals surface area (Å²) in [6.07, 6.45) is 0.677. The van der Waals surface area contributed by atoms with Gasteiger partial charge in [0.1, 0.15) is 0 Å². The van der Waals surface area contributed by atoms with E-state index in [2.05, 4.69) is 5.32 Å². The van der Waals surface area contributed by atoms with E-state index >= 15 is 0 Å². The molecule has 1 aliphatic heterocycles. The summed E-state index contributed by atoms with van der Waals surface area (Å²) in [6.45, 7) is 2.51. The fraction of sp³-hybridized carbons (Fsp3) is 0.600. The van der Waals surface area contributed by atoms with Gasteiger partial charge in [-0.05, 0) is 36.9 Å². The smallest absolute Gasteiger partial charge is 0.154 e. The molecule has 2 unspecified atom stereocenters. The molecule has 3 nitrogen and oxygen atoms in total. The van der Waals surface area contributed by atoms with Gasteiger partial charge in [-0.3, -0.25) is 0 Å². The Morgan fingerprint density at radius 2 is 2.31 bits per heavy atom. The molecule has 2 atom stereocenters. The summed E-state index contributed by atoms with van der Waals surface area (Å²) in [6, 6.07) is 1.73. The molecule has 1 saturated heterocycles. The first-order valence-corrected chi connectivity index (χ1v) is 8.15. The van der Waals surface area contributed by atoms with Crippen LogP contribution >= 0.6 is 22.9 Å². The molecule has 1 N–H and O–H groups in total. The van der Waals surface area contributed by atoms with Crippen LogP contribution < -0.4 is 5.32 Å². The molecule has 90 valence electrons. The number of sulfone groups is 1. The minimum absolute atomic E-state index is 0.112. The molecule has 1 aromatic heterocycles. The van der Waals surface area contributed by atoms with Crippen molar-refractivity contribution in [2.24, 2.45) is 0 Å². The first-order chi connectivity index (χ1) is 7.49. The highest BCUT2D eigenvalue weighted by atomic mass is 35.5. The summed E-state index contributed by atoms with van der Waals surface area (Å²) in [4.78, 5) is 0. The van der Waals surface area contributed by atoms with Crippen LogP contribution in [0.25, 0.3) is 0 Å². The van der Waals surface area contributed by atoms with E-state index in [4.69, 9.17) is 11.6 Å². The molecule has 1 fully saturated rings. The predicted octanol–water partition coefficient (Wildman–Crippen LogP) is 2.24.